The SMILES string of the molecule is CCCCCCC(C(=O)NO)[S+]([O-])c1ccc(OS(=O)(=O)c2c(C)nn(C)c2Cl)cc1. The first-order valence-electron chi connectivity index (χ1n) is 9.70. The van der Waals surface area contributed by atoms with E-state index < -0.39 is 32.5 Å². The second kappa shape index (κ2) is 11.2. The summed E-state index contributed by atoms with van der Waals surface area (Å²) in [7, 11) is -2.71. The quantitative estimate of drug-likeness (QED) is 0.162. The summed E-state index contributed by atoms with van der Waals surface area (Å²) in [6.45, 7) is 3.56. The van der Waals surface area contributed by atoms with E-state index in [1.54, 1.807) is 5.48 Å². The zero-order valence-electron chi connectivity index (χ0n) is 17.5. The highest BCUT2D eigenvalue weighted by molar-refractivity contribution is 7.92. The highest BCUT2D eigenvalue weighted by Crippen LogP contribution is 2.29. The molecule has 9 nitrogen and oxygen atoms in total. The second-order valence-corrected chi connectivity index (χ2v) is 10.4. The number of carbonyl (C=O) groups is 1. The summed E-state index contributed by atoms with van der Waals surface area (Å²) in [4.78, 5) is 12.1. The molecule has 0 spiro atoms. The van der Waals surface area contributed by atoms with Crippen LogP contribution in [0.4, 0.5) is 0 Å². The summed E-state index contributed by atoms with van der Waals surface area (Å²) < 4.78 is 44.4. The molecular formula is C19H26ClN3O6S2. The molecule has 0 aliphatic carbocycles. The van der Waals surface area contributed by atoms with Crippen molar-refractivity contribution in [1.29, 1.82) is 0 Å². The predicted molar refractivity (Wildman–Crippen MR) is 116 cm³/mol. The molecule has 2 rings (SSSR count). The van der Waals surface area contributed by atoms with Crippen molar-refractivity contribution in [3.63, 3.8) is 0 Å². The van der Waals surface area contributed by atoms with Crippen molar-refractivity contribution >= 4 is 38.8 Å². The van der Waals surface area contributed by atoms with E-state index >= 15 is 0 Å². The predicted octanol–water partition coefficient (Wildman–Crippen LogP) is 3.10. The van der Waals surface area contributed by atoms with Crippen molar-refractivity contribution < 1.29 is 27.2 Å². The van der Waals surface area contributed by atoms with Crippen LogP contribution < -0.4 is 9.66 Å². The fourth-order valence-electron chi connectivity index (χ4n) is 3.02. The van der Waals surface area contributed by atoms with Crippen LogP contribution in [-0.2, 0) is 33.1 Å². The smallest absolute Gasteiger partial charge is 0.344 e. The minimum Gasteiger partial charge on any atom is -0.611 e. The number of hydroxylamine groups is 1. The number of nitrogens with zero attached hydrogens (tertiary/aromatic N) is 2. The molecule has 0 saturated heterocycles. The van der Waals surface area contributed by atoms with Gasteiger partial charge < -0.3 is 8.74 Å². The maximum Gasteiger partial charge on any atom is 0.344 e. The molecule has 0 aliphatic rings. The first kappa shape index (κ1) is 25.5. The highest BCUT2D eigenvalue weighted by atomic mass is 35.5. The second-order valence-electron chi connectivity index (χ2n) is 6.95. The average Bonchev–Trinajstić information content (AvgIpc) is 2.99. The number of rotatable bonds is 11. The molecule has 31 heavy (non-hydrogen) atoms. The Morgan fingerprint density at radius 3 is 2.48 bits per heavy atom. The molecule has 1 aromatic heterocycles. The molecule has 0 fully saturated rings. The van der Waals surface area contributed by atoms with Crippen molar-refractivity contribution in [3.05, 3.63) is 35.1 Å². The minimum atomic E-state index is -4.23. The third-order valence-corrected chi connectivity index (χ3v) is 8.24. The van der Waals surface area contributed by atoms with Gasteiger partial charge >= 0.3 is 10.1 Å². The third-order valence-electron chi connectivity index (χ3n) is 4.59. The van der Waals surface area contributed by atoms with Crippen LogP contribution in [0.1, 0.15) is 44.7 Å². The van der Waals surface area contributed by atoms with Crippen LogP contribution in [-0.4, -0.2) is 39.1 Å². The fraction of sp³-hybridized carbons (Fsp3) is 0.474. The van der Waals surface area contributed by atoms with Gasteiger partial charge in [0.25, 0.3) is 5.91 Å². The zero-order chi connectivity index (χ0) is 23.2. The third kappa shape index (κ3) is 6.36. The van der Waals surface area contributed by atoms with Gasteiger partial charge in [-0.3, -0.25) is 14.7 Å². The maximum absolute atomic E-state index is 12.9. The van der Waals surface area contributed by atoms with Crippen LogP contribution in [0.15, 0.2) is 34.1 Å². The molecule has 2 N–H and O–H groups in total. The molecule has 2 unspecified atom stereocenters. The van der Waals surface area contributed by atoms with Crippen LogP contribution >= 0.6 is 11.6 Å². The van der Waals surface area contributed by atoms with Crippen LogP contribution in [0.2, 0.25) is 5.15 Å². The van der Waals surface area contributed by atoms with Crippen LogP contribution in [0, 0.1) is 6.92 Å². The summed E-state index contributed by atoms with van der Waals surface area (Å²) in [5.41, 5.74) is 1.77. The number of aromatic nitrogens is 2. The van der Waals surface area contributed by atoms with Crippen molar-refractivity contribution in [2.75, 3.05) is 0 Å². The topological polar surface area (TPSA) is 134 Å². The van der Waals surface area contributed by atoms with Crippen molar-refractivity contribution in [2.45, 2.75) is 61.0 Å². The van der Waals surface area contributed by atoms with Crippen molar-refractivity contribution in [3.8, 4) is 5.75 Å². The molecule has 0 saturated carbocycles. The Balaban J connectivity index is 2.16. The van der Waals surface area contributed by atoms with Gasteiger partial charge in [0.05, 0.1) is 5.69 Å². The Morgan fingerprint density at radius 2 is 1.97 bits per heavy atom. The van der Waals surface area contributed by atoms with E-state index in [0.717, 1.165) is 19.3 Å². The first-order chi connectivity index (χ1) is 14.6. The number of hydrogen-bond donors (Lipinski definition) is 2. The number of unbranched alkanes of at least 4 members (excludes halogenated alkanes) is 3. The highest BCUT2D eigenvalue weighted by Gasteiger charge is 2.32. The Morgan fingerprint density at radius 1 is 1.32 bits per heavy atom. The molecule has 1 amide bonds. The van der Waals surface area contributed by atoms with E-state index in [-0.39, 0.29) is 21.5 Å². The van der Waals surface area contributed by atoms with Crippen LogP contribution in [0.25, 0.3) is 0 Å². The summed E-state index contributed by atoms with van der Waals surface area (Å²) in [6.07, 6.45) is 3.96. The number of hydrogen-bond acceptors (Lipinski definition) is 7. The van der Waals surface area contributed by atoms with Gasteiger partial charge in [0.15, 0.2) is 9.79 Å². The van der Waals surface area contributed by atoms with Crippen LogP contribution in [0.3, 0.4) is 0 Å². The number of halogens is 1. The molecular weight excluding hydrogens is 466 g/mol. The van der Waals surface area contributed by atoms with Gasteiger partial charge in [0.1, 0.15) is 10.9 Å². The number of nitrogens with one attached hydrogen (secondary N) is 1. The lowest BCUT2D eigenvalue weighted by Gasteiger charge is -2.19. The van der Waals surface area contributed by atoms with Gasteiger partial charge in [-0.05, 0) is 48.8 Å². The molecule has 1 heterocycles. The van der Waals surface area contributed by atoms with E-state index in [1.165, 1.54) is 42.9 Å². The Bertz CT molecular complexity index is 995. The summed E-state index contributed by atoms with van der Waals surface area (Å²) >= 11 is 4.27. The van der Waals surface area contributed by atoms with Crippen LogP contribution in [0.5, 0.6) is 5.75 Å². The lowest BCUT2D eigenvalue weighted by atomic mass is 10.1. The van der Waals surface area contributed by atoms with E-state index in [1.807, 2.05) is 0 Å². The van der Waals surface area contributed by atoms with Gasteiger partial charge in [-0.15, -0.1) is 0 Å². The van der Waals surface area contributed by atoms with Gasteiger partial charge in [0.2, 0.25) is 5.25 Å². The fourth-order valence-corrected chi connectivity index (χ4v) is 6.03. The monoisotopic (exact) mass is 491 g/mol. The number of benzene rings is 1. The number of aryl methyl sites for hydroxylation is 2. The molecule has 1 aromatic carbocycles. The van der Waals surface area contributed by atoms with Gasteiger partial charge in [-0.25, -0.2) is 5.48 Å². The van der Waals surface area contributed by atoms with Gasteiger partial charge in [-0.1, -0.05) is 37.8 Å². The van der Waals surface area contributed by atoms with E-state index in [2.05, 4.69) is 12.0 Å². The zero-order valence-corrected chi connectivity index (χ0v) is 19.9. The Kier molecular flexibility index (Phi) is 9.19. The van der Waals surface area contributed by atoms with Crippen molar-refractivity contribution in [2.24, 2.45) is 7.05 Å². The molecule has 172 valence electrons. The van der Waals surface area contributed by atoms with Gasteiger partial charge in [0, 0.05) is 13.5 Å². The van der Waals surface area contributed by atoms with Gasteiger partial charge in [-0.2, -0.15) is 13.5 Å². The van der Waals surface area contributed by atoms with E-state index in [9.17, 15) is 17.8 Å². The molecule has 0 aliphatic heterocycles. The number of carbonyl (C=O) groups excluding carboxylic acids is 1. The molecule has 12 heteroatoms. The van der Waals surface area contributed by atoms with Crippen molar-refractivity contribution in [1.82, 2.24) is 15.3 Å². The number of amides is 1. The largest absolute Gasteiger partial charge is 0.611 e. The summed E-state index contributed by atoms with van der Waals surface area (Å²) in [6, 6.07) is 5.52. The molecule has 0 radical (unpaired) electrons. The first-order valence-corrected chi connectivity index (χ1v) is 12.7. The maximum atomic E-state index is 12.9. The lowest BCUT2D eigenvalue weighted by molar-refractivity contribution is -0.128. The molecule has 2 atom stereocenters. The van der Waals surface area contributed by atoms with E-state index in [0.29, 0.717) is 17.7 Å². The molecule has 0 bridgehead atoms. The van der Waals surface area contributed by atoms with E-state index in [4.69, 9.17) is 21.0 Å². The average molecular weight is 492 g/mol. The standard InChI is InChI=1S/C19H26ClN3O6S2/c1-4-5-6-7-8-16(19(24)22-25)30(26)15-11-9-14(10-12-15)29-31(27,28)17-13(2)21-23(3)18(17)20/h9-12,16,25H,4-8H2,1-3H3,(H,22,24). The Hall–Kier alpha value is -1.79. The Labute approximate surface area is 190 Å². The summed E-state index contributed by atoms with van der Waals surface area (Å²) in [5, 5.41) is 12.0. The minimum absolute atomic E-state index is 0.00817. The summed E-state index contributed by atoms with van der Waals surface area (Å²) in [5.74, 6) is -0.731. The normalized spacial score (nSPS) is 13.6. The molecule has 2 aromatic rings. The lowest BCUT2D eigenvalue weighted by Crippen LogP contribution is -2.38.